The molecule has 6 heteroatoms. The predicted octanol–water partition coefficient (Wildman–Crippen LogP) is 1.75. The standard InChI is InChI=1S/C21H19N3O3/c1-2-3-12-27-18-10-8-15(9-11-18)21(26)24-22-14-17-13-16-6-4-5-7-19(16)23-20(17)25/h4-11,13H,2-3,12H2,1H3,(H,24,26). The van der Waals surface area contributed by atoms with Gasteiger partial charge in [0.1, 0.15) is 11.3 Å². The van der Waals surface area contributed by atoms with E-state index in [4.69, 9.17) is 4.74 Å². The first-order valence-corrected chi connectivity index (χ1v) is 8.73. The van der Waals surface area contributed by atoms with Gasteiger partial charge in [0.2, 0.25) is 0 Å². The van der Waals surface area contributed by atoms with Crippen LogP contribution in [0.5, 0.6) is 5.75 Å². The SMILES string of the molecule is CCCCOc1ccc(C(=O)NN=C=C2C=c3ccccc3=NC2=O)cc1. The van der Waals surface area contributed by atoms with Crippen molar-refractivity contribution in [2.24, 2.45) is 10.1 Å². The van der Waals surface area contributed by atoms with E-state index in [1.807, 2.05) is 18.2 Å². The Morgan fingerprint density at radius 2 is 1.96 bits per heavy atom. The van der Waals surface area contributed by atoms with Gasteiger partial charge >= 0.3 is 0 Å². The molecule has 6 nitrogen and oxygen atoms in total. The highest BCUT2D eigenvalue weighted by Gasteiger charge is 2.10. The number of para-hydroxylation sites is 1. The van der Waals surface area contributed by atoms with Crippen molar-refractivity contribution in [2.45, 2.75) is 19.8 Å². The molecule has 0 saturated heterocycles. The van der Waals surface area contributed by atoms with Crippen LogP contribution in [-0.2, 0) is 4.79 Å². The molecule has 0 aromatic heterocycles. The van der Waals surface area contributed by atoms with Gasteiger partial charge in [0.05, 0.1) is 12.0 Å². The van der Waals surface area contributed by atoms with Crippen LogP contribution in [0.1, 0.15) is 30.1 Å². The number of fused-ring (bicyclic) bond motifs is 1. The van der Waals surface area contributed by atoms with Gasteiger partial charge in [-0.25, -0.2) is 10.4 Å². The molecule has 1 heterocycles. The van der Waals surface area contributed by atoms with Gasteiger partial charge in [-0.15, -0.1) is 5.10 Å². The number of nitrogens with zero attached hydrogens (tertiary/aromatic N) is 2. The fourth-order valence-electron chi connectivity index (χ4n) is 2.42. The minimum Gasteiger partial charge on any atom is -0.494 e. The van der Waals surface area contributed by atoms with Crippen molar-refractivity contribution in [3.05, 3.63) is 70.2 Å². The largest absolute Gasteiger partial charge is 0.494 e. The average molecular weight is 361 g/mol. The Labute approximate surface area is 156 Å². The first kappa shape index (κ1) is 18.3. The first-order chi connectivity index (χ1) is 13.2. The summed E-state index contributed by atoms with van der Waals surface area (Å²) in [6.45, 7) is 2.75. The van der Waals surface area contributed by atoms with Gasteiger partial charge in [-0.05, 0) is 42.8 Å². The summed E-state index contributed by atoms with van der Waals surface area (Å²) >= 11 is 0. The van der Waals surface area contributed by atoms with Crippen molar-refractivity contribution < 1.29 is 14.3 Å². The number of amides is 2. The number of carbonyl (C=O) groups excluding carboxylic acids is 2. The topological polar surface area (TPSA) is 80.1 Å². The maximum Gasteiger partial charge on any atom is 0.287 e. The number of hydrazone groups is 1. The molecule has 136 valence electrons. The van der Waals surface area contributed by atoms with Crippen molar-refractivity contribution in [3.63, 3.8) is 0 Å². The van der Waals surface area contributed by atoms with Gasteiger partial charge in [0.25, 0.3) is 11.8 Å². The van der Waals surface area contributed by atoms with E-state index in [1.165, 1.54) is 0 Å². The van der Waals surface area contributed by atoms with Crippen LogP contribution in [0.25, 0.3) is 6.08 Å². The quantitative estimate of drug-likeness (QED) is 0.368. The van der Waals surface area contributed by atoms with Crippen molar-refractivity contribution in [1.82, 2.24) is 5.43 Å². The van der Waals surface area contributed by atoms with Crippen LogP contribution in [0.15, 0.2) is 64.2 Å². The highest BCUT2D eigenvalue weighted by Crippen LogP contribution is 2.12. The maximum absolute atomic E-state index is 12.1. The number of benzene rings is 2. The summed E-state index contributed by atoms with van der Waals surface area (Å²) in [4.78, 5) is 28.1. The molecule has 0 saturated carbocycles. The number of ether oxygens (including phenoxy) is 1. The molecule has 1 aliphatic rings. The number of hydrogen-bond donors (Lipinski definition) is 1. The van der Waals surface area contributed by atoms with Crippen LogP contribution in [0.2, 0.25) is 0 Å². The molecule has 0 atom stereocenters. The Bertz CT molecular complexity index is 1030. The van der Waals surface area contributed by atoms with Crippen LogP contribution in [-0.4, -0.2) is 24.3 Å². The molecule has 0 bridgehead atoms. The van der Waals surface area contributed by atoms with Gasteiger partial charge in [0, 0.05) is 16.7 Å². The zero-order valence-corrected chi connectivity index (χ0v) is 14.9. The molecule has 0 fully saturated rings. The van der Waals surface area contributed by atoms with Crippen LogP contribution in [0, 0.1) is 0 Å². The number of nitrogens with one attached hydrogen (secondary N) is 1. The molecule has 0 unspecified atom stereocenters. The normalized spacial score (nSPS) is 12.2. The average Bonchev–Trinajstić information content (AvgIpc) is 2.69. The lowest BCUT2D eigenvalue weighted by molar-refractivity contribution is -0.114. The lowest BCUT2D eigenvalue weighted by Gasteiger charge is -2.05. The Hall–Kier alpha value is -3.50. The molecule has 0 aliphatic carbocycles. The van der Waals surface area contributed by atoms with Crippen LogP contribution in [0.4, 0.5) is 0 Å². The third-order valence-electron chi connectivity index (χ3n) is 3.91. The van der Waals surface area contributed by atoms with E-state index in [2.05, 4.69) is 28.3 Å². The third-order valence-corrected chi connectivity index (χ3v) is 3.91. The predicted molar refractivity (Wildman–Crippen MR) is 102 cm³/mol. The van der Waals surface area contributed by atoms with E-state index >= 15 is 0 Å². The van der Waals surface area contributed by atoms with E-state index in [-0.39, 0.29) is 5.57 Å². The molecule has 2 aromatic rings. The van der Waals surface area contributed by atoms with Gasteiger partial charge in [-0.1, -0.05) is 31.5 Å². The lowest BCUT2D eigenvalue weighted by atomic mass is 10.1. The van der Waals surface area contributed by atoms with Gasteiger partial charge in [-0.3, -0.25) is 9.59 Å². The summed E-state index contributed by atoms with van der Waals surface area (Å²) in [7, 11) is 0. The summed E-state index contributed by atoms with van der Waals surface area (Å²) in [5, 5.41) is 5.16. The fourth-order valence-corrected chi connectivity index (χ4v) is 2.42. The number of unbranched alkanes of at least 4 members (excludes halogenated alkanes) is 1. The zero-order valence-electron chi connectivity index (χ0n) is 14.9. The highest BCUT2D eigenvalue weighted by atomic mass is 16.5. The van der Waals surface area contributed by atoms with Crippen LogP contribution < -0.4 is 20.7 Å². The number of rotatable bonds is 6. The second-order valence-electron chi connectivity index (χ2n) is 5.92. The summed E-state index contributed by atoms with van der Waals surface area (Å²) in [5.74, 6) is 2.42. The number of hydrogen-bond acceptors (Lipinski definition) is 4. The molecule has 1 aliphatic heterocycles. The second kappa shape index (κ2) is 8.74. The molecule has 0 spiro atoms. The van der Waals surface area contributed by atoms with Crippen molar-refractivity contribution in [1.29, 1.82) is 0 Å². The summed E-state index contributed by atoms with van der Waals surface area (Å²) in [6, 6.07) is 14.1. The highest BCUT2D eigenvalue weighted by molar-refractivity contribution is 6.10. The zero-order chi connectivity index (χ0) is 19.1. The Morgan fingerprint density at radius 3 is 2.74 bits per heavy atom. The van der Waals surface area contributed by atoms with Crippen LogP contribution in [0.3, 0.4) is 0 Å². The van der Waals surface area contributed by atoms with Crippen LogP contribution >= 0.6 is 0 Å². The summed E-state index contributed by atoms with van der Waals surface area (Å²) in [6.07, 6.45) is 3.69. The number of carbonyl (C=O) groups is 2. The molecule has 0 radical (unpaired) electrons. The summed E-state index contributed by atoms with van der Waals surface area (Å²) < 4.78 is 5.56. The van der Waals surface area contributed by atoms with Crippen molar-refractivity contribution in [2.75, 3.05) is 6.61 Å². The second-order valence-corrected chi connectivity index (χ2v) is 5.92. The van der Waals surface area contributed by atoms with E-state index in [9.17, 15) is 9.59 Å². The Kier molecular flexibility index (Phi) is 5.92. The lowest BCUT2D eigenvalue weighted by Crippen LogP contribution is -2.30. The van der Waals surface area contributed by atoms with Crippen molar-refractivity contribution in [3.8, 4) is 5.75 Å². The van der Waals surface area contributed by atoms with E-state index < -0.39 is 11.8 Å². The third kappa shape index (κ3) is 4.77. The molecule has 2 amide bonds. The molecule has 3 rings (SSSR count). The Morgan fingerprint density at radius 1 is 1.19 bits per heavy atom. The first-order valence-electron chi connectivity index (χ1n) is 8.73. The minimum absolute atomic E-state index is 0.189. The molecule has 1 N–H and O–H groups in total. The van der Waals surface area contributed by atoms with Crippen molar-refractivity contribution >= 4 is 23.8 Å². The van der Waals surface area contributed by atoms with E-state index in [0.717, 1.165) is 18.1 Å². The Balaban J connectivity index is 1.67. The van der Waals surface area contributed by atoms with E-state index in [0.29, 0.717) is 23.3 Å². The van der Waals surface area contributed by atoms with Gasteiger partial charge in [-0.2, -0.15) is 0 Å². The molecular formula is C21H19N3O3. The smallest absolute Gasteiger partial charge is 0.287 e. The maximum atomic E-state index is 12.1. The molecule has 27 heavy (non-hydrogen) atoms. The monoisotopic (exact) mass is 361 g/mol. The molecule has 2 aromatic carbocycles. The minimum atomic E-state index is -0.444. The van der Waals surface area contributed by atoms with Gasteiger partial charge in [0.15, 0.2) is 0 Å². The van der Waals surface area contributed by atoms with E-state index in [1.54, 1.807) is 36.4 Å². The molecular weight excluding hydrogens is 342 g/mol. The van der Waals surface area contributed by atoms with Gasteiger partial charge < -0.3 is 4.74 Å². The summed E-state index contributed by atoms with van der Waals surface area (Å²) in [5.41, 5.74) is 2.98. The fraction of sp³-hybridized carbons (Fsp3) is 0.190.